The molecule has 7 nitrogen and oxygen atoms in total. The molecule has 2 aromatic heterocycles. The van der Waals surface area contributed by atoms with E-state index in [1.807, 2.05) is 36.5 Å². The lowest BCUT2D eigenvalue weighted by Crippen LogP contribution is -2.36. The Morgan fingerprint density at radius 1 is 1.18 bits per heavy atom. The van der Waals surface area contributed by atoms with Gasteiger partial charge in [0.1, 0.15) is 11.6 Å². The highest BCUT2D eigenvalue weighted by Gasteiger charge is 2.43. The molecule has 0 atom stereocenters. The Balaban J connectivity index is 1.41. The van der Waals surface area contributed by atoms with Crippen molar-refractivity contribution in [2.24, 2.45) is 0 Å². The molecular weight excluding hydrogens is 414 g/mol. The Labute approximate surface area is 191 Å². The first kappa shape index (κ1) is 20.9. The molecule has 33 heavy (non-hydrogen) atoms. The minimum absolute atomic E-state index is 0.0877. The van der Waals surface area contributed by atoms with Gasteiger partial charge in [-0.05, 0) is 60.7 Å². The minimum Gasteiger partial charge on any atom is -0.396 e. The number of hydrogen-bond donors (Lipinski definition) is 3. The summed E-state index contributed by atoms with van der Waals surface area (Å²) in [6.07, 6.45) is 5.42. The standard InChI is InChI=1S/C26H23N5O2/c27-15-17-4-1-6-19(14-17)24(33)30-22-9-8-20(16-28-22)26(11-3-12-26)25-29-21-7-2-5-18(10-13-32)23(21)31-25/h1-2,4-9,14,16,32H,3,10-13H2,(H,29,31)(H,28,30,33). The average molecular weight is 438 g/mol. The number of pyridine rings is 1. The maximum atomic E-state index is 12.5. The van der Waals surface area contributed by atoms with E-state index in [1.54, 1.807) is 30.3 Å². The number of aliphatic hydroxyl groups excluding tert-OH is 1. The number of hydrogen-bond acceptors (Lipinski definition) is 5. The van der Waals surface area contributed by atoms with E-state index >= 15 is 0 Å². The van der Waals surface area contributed by atoms with Crippen LogP contribution in [-0.4, -0.2) is 32.6 Å². The normalized spacial score (nSPS) is 14.4. The number of carbonyl (C=O) groups excluding carboxylic acids is 1. The second-order valence-corrected chi connectivity index (χ2v) is 8.39. The van der Waals surface area contributed by atoms with Crippen molar-refractivity contribution >= 4 is 22.8 Å². The van der Waals surface area contributed by atoms with Gasteiger partial charge < -0.3 is 15.4 Å². The molecule has 1 amide bonds. The summed E-state index contributed by atoms with van der Waals surface area (Å²) in [6, 6.07) is 18.4. The average Bonchev–Trinajstić information content (AvgIpc) is 3.25. The first-order chi connectivity index (χ1) is 16.1. The van der Waals surface area contributed by atoms with Crippen LogP contribution in [0.25, 0.3) is 11.0 Å². The van der Waals surface area contributed by atoms with Crippen LogP contribution in [0.4, 0.5) is 5.82 Å². The SMILES string of the molecule is N#Cc1cccc(C(=O)Nc2ccc(C3(c4nc5c(CCO)cccc5[nH]4)CCC3)cn2)c1. The van der Waals surface area contributed by atoms with Crippen molar-refractivity contribution in [2.45, 2.75) is 31.1 Å². The third-order valence-corrected chi connectivity index (χ3v) is 6.45. The third kappa shape index (κ3) is 3.75. The lowest BCUT2D eigenvalue weighted by Gasteiger charge is -2.40. The van der Waals surface area contributed by atoms with Crippen LogP contribution in [0.2, 0.25) is 0 Å². The zero-order valence-electron chi connectivity index (χ0n) is 18.0. The summed E-state index contributed by atoms with van der Waals surface area (Å²) in [5.74, 6) is 1.07. The van der Waals surface area contributed by atoms with Crippen LogP contribution < -0.4 is 5.32 Å². The molecule has 0 saturated heterocycles. The lowest BCUT2D eigenvalue weighted by atomic mass is 9.64. The predicted octanol–water partition coefficient (Wildman–Crippen LogP) is 4.09. The molecule has 0 unspecified atom stereocenters. The largest absolute Gasteiger partial charge is 0.396 e. The highest BCUT2D eigenvalue weighted by Crippen LogP contribution is 2.48. The lowest BCUT2D eigenvalue weighted by molar-refractivity contribution is 0.102. The molecule has 3 N–H and O–H groups in total. The molecule has 4 aromatic rings. The van der Waals surface area contributed by atoms with Gasteiger partial charge in [0, 0.05) is 18.4 Å². The number of aromatic amines is 1. The van der Waals surface area contributed by atoms with Gasteiger partial charge >= 0.3 is 0 Å². The summed E-state index contributed by atoms with van der Waals surface area (Å²) < 4.78 is 0. The summed E-state index contributed by atoms with van der Waals surface area (Å²) >= 11 is 0. The van der Waals surface area contributed by atoms with Crippen LogP contribution in [0.5, 0.6) is 0 Å². The number of benzene rings is 2. The van der Waals surface area contributed by atoms with Gasteiger partial charge in [-0.3, -0.25) is 4.79 Å². The molecule has 1 saturated carbocycles. The molecule has 1 aliphatic rings. The predicted molar refractivity (Wildman–Crippen MR) is 125 cm³/mol. The summed E-state index contributed by atoms with van der Waals surface area (Å²) in [7, 11) is 0. The fourth-order valence-corrected chi connectivity index (χ4v) is 4.50. The zero-order chi connectivity index (χ0) is 22.8. The Morgan fingerprint density at radius 3 is 2.73 bits per heavy atom. The summed E-state index contributed by atoms with van der Waals surface area (Å²) in [4.78, 5) is 25.5. The number of imidazole rings is 1. The molecule has 1 fully saturated rings. The van der Waals surface area contributed by atoms with Gasteiger partial charge in [-0.25, -0.2) is 9.97 Å². The number of aliphatic hydroxyl groups is 1. The molecule has 0 spiro atoms. The first-order valence-corrected chi connectivity index (χ1v) is 11.0. The van der Waals surface area contributed by atoms with Crippen LogP contribution in [0.3, 0.4) is 0 Å². The van der Waals surface area contributed by atoms with Crippen molar-refractivity contribution in [3.63, 3.8) is 0 Å². The van der Waals surface area contributed by atoms with Crippen molar-refractivity contribution in [2.75, 3.05) is 11.9 Å². The monoisotopic (exact) mass is 437 g/mol. The smallest absolute Gasteiger partial charge is 0.256 e. The van der Waals surface area contributed by atoms with E-state index in [4.69, 9.17) is 10.2 Å². The quantitative estimate of drug-likeness (QED) is 0.420. The van der Waals surface area contributed by atoms with Crippen molar-refractivity contribution in [1.82, 2.24) is 15.0 Å². The third-order valence-electron chi connectivity index (χ3n) is 6.45. The highest BCUT2D eigenvalue weighted by molar-refractivity contribution is 6.03. The molecule has 1 aliphatic carbocycles. The number of nitrogens with one attached hydrogen (secondary N) is 2. The van der Waals surface area contributed by atoms with Gasteiger partial charge in [-0.2, -0.15) is 5.26 Å². The van der Waals surface area contributed by atoms with E-state index in [2.05, 4.69) is 15.3 Å². The number of anilines is 1. The number of aromatic nitrogens is 3. The summed E-state index contributed by atoms with van der Waals surface area (Å²) in [5.41, 5.74) is 4.58. The highest BCUT2D eigenvalue weighted by atomic mass is 16.3. The van der Waals surface area contributed by atoms with E-state index in [0.29, 0.717) is 23.4 Å². The first-order valence-electron chi connectivity index (χ1n) is 11.0. The second-order valence-electron chi connectivity index (χ2n) is 8.39. The van der Waals surface area contributed by atoms with Crippen molar-refractivity contribution < 1.29 is 9.90 Å². The Morgan fingerprint density at radius 2 is 2.03 bits per heavy atom. The Hall–Kier alpha value is -4.02. The summed E-state index contributed by atoms with van der Waals surface area (Å²) in [6.45, 7) is 0.0877. The number of para-hydroxylation sites is 1. The number of rotatable bonds is 6. The fourth-order valence-electron chi connectivity index (χ4n) is 4.50. The number of nitriles is 1. The van der Waals surface area contributed by atoms with Crippen LogP contribution in [0.1, 0.15) is 52.1 Å². The summed E-state index contributed by atoms with van der Waals surface area (Å²) in [5, 5.41) is 21.2. The van der Waals surface area contributed by atoms with E-state index < -0.39 is 0 Å². The fraction of sp³-hybridized carbons (Fsp3) is 0.231. The number of fused-ring (bicyclic) bond motifs is 1. The van der Waals surface area contributed by atoms with Gasteiger partial charge in [0.2, 0.25) is 0 Å². The van der Waals surface area contributed by atoms with Gasteiger partial charge in [-0.15, -0.1) is 0 Å². The zero-order valence-corrected chi connectivity index (χ0v) is 18.0. The second kappa shape index (κ2) is 8.49. The Kier molecular flexibility index (Phi) is 5.37. The molecule has 164 valence electrons. The van der Waals surface area contributed by atoms with Crippen LogP contribution in [0.15, 0.2) is 60.8 Å². The van der Waals surface area contributed by atoms with Gasteiger partial charge in [0.15, 0.2) is 0 Å². The van der Waals surface area contributed by atoms with Crippen LogP contribution in [0, 0.1) is 11.3 Å². The van der Waals surface area contributed by atoms with Crippen molar-refractivity contribution in [3.05, 3.63) is 88.9 Å². The van der Waals surface area contributed by atoms with Crippen LogP contribution in [-0.2, 0) is 11.8 Å². The van der Waals surface area contributed by atoms with E-state index in [1.165, 1.54) is 0 Å². The molecule has 0 bridgehead atoms. The van der Waals surface area contributed by atoms with Gasteiger partial charge in [-0.1, -0.05) is 30.7 Å². The van der Waals surface area contributed by atoms with E-state index in [-0.39, 0.29) is 17.9 Å². The van der Waals surface area contributed by atoms with E-state index in [9.17, 15) is 9.90 Å². The number of amides is 1. The minimum atomic E-state index is -0.306. The van der Waals surface area contributed by atoms with Gasteiger partial charge in [0.25, 0.3) is 5.91 Å². The van der Waals surface area contributed by atoms with E-state index in [0.717, 1.165) is 47.2 Å². The molecule has 0 radical (unpaired) electrons. The molecule has 5 rings (SSSR count). The number of carbonyl (C=O) groups is 1. The molecular formula is C26H23N5O2. The topological polar surface area (TPSA) is 115 Å². The Bertz CT molecular complexity index is 1360. The van der Waals surface area contributed by atoms with Gasteiger partial charge in [0.05, 0.1) is 28.1 Å². The van der Waals surface area contributed by atoms with Crippen molar-refractivity contribution in [3.8, 4) is 6.07 Å². The molecule has 7 heteroatoms. The molecule has 2 heterocycles. The molecule has 2 aromatic carbocycles. The molecule has 0 aliphatic heterocycles. The van der Waals surface area contributed by atoms with Crippen LogP contribution >= 0.6 is 0 Å². The number of H-pyrrole nitrogens is 1. The maximum absolute atomic E-state index is 12.5. The maximum Gasteiger partial charge on any atom is 0.256 e. The number of nitrogens with zero attached hydrogens (tertiary/aromatic N) is 3. The van der Waals surface area contributed by atoms with Crippen molar-refractivity contribution in [1.29, 1.82) is 5.26 Å².